The van der Waals surface area contributed by atoms with Crippen LogP contribution in [0.2, 0.25) is 0 Å². The minimum Gasteiger partial charge on any atom is -0.364 e. The summed E-state index contributed by atoms with van der Waals surface area (Å²) in [6.45, 7) is 6.68. The lowest BCUT2D eigenvalue weighted by Crippen LogP contribution is -2.48. The fourth-order valence-corrected chi connectivity index (χ4v) is 3.50. The number of carbonyl (C=O) groups is 1. The van der Waals surface area contributed by atoms with E-state index in [2.05, 4.69) is 46.3 Å². The van der Waals surface area contributed by atoms with E-state index in [1.807, 2.05) is 30.0 Å². The van der Waals surface area contributed by atoms with Crippen molar-refractivity contribution in [2.24, 2.45) is 0 Å². The van der Waals surface area contributed by atoms with Crippen LogP contribution in [0.15, 0.2) is 28.9 Å². The molecule has 0 radical (unpaired) electrons. The minimum atomic E-state index is 0.0946. The molecule has 1 amide bonds. The van der Waals surface area contributed by atoms with E-state index in [0.29, 0.717) is 50.1 Å². The number of nitrogens with one attached hydrogen (secondary N) is 1. The predicted octanol–water partition coefficient (Wildman–Crippen LogP) is 2.17. The number of hydrogen-bond acceptors (Lipinski definition) is 8. The van der Waals surface area contributed by atoms with E-state index in [1.165, 1.54) is 0 Å². The zero-order chi connectivity index (χ0) is 20.4. The van der Waals surface area contributed by atoms with Gasteiger partial charge in [-0.05, 0) is 41.1 Å². The van der Waals surface area contributed by atoms with E-state index in [4.69, 9.17) is 4.98 Å². The van der Waals surface area contributed by atoms with Gasteiger partial charge in [0.05, 0.1) is 23.3 Å². The molecule has 3 aromatic rings. The van der Waals surface area contributed by atoms with Crippen LogP contribution in [-0.2, 0) is 11.3 Å². The maximum Gasteiger partial charge on any atom is 0.229 e. The number of aromatic nitrogens is 5. The molecule has 0 spiro atoms. The number of pyridine rings is 1. The summed E-state index contributed by atoms with van der Waals surface area (Å²) >= 11 is 3.47. The minimum absolute atomic E-state index is 0.0946. The summed E-state index contributed by atoms with van der Waals surface area (Å²) in [5.74, 6) is 1.39. The van der Waals surface area contributed by atoms with Crippen molar-refractivity contribution in [1.82, 2.24) is 30.0 Å². The van der Waals surface area contributed by atoms with E-state index in [0.717, 1.165) is 21.2 Å². The highest BCUT2D eigenvalue weighted by atomic mass is 79.9. The Labute approximate surface area is 176 Å². The smallest absolute Gasteiger partial charge is 0.229 e. The quantitative estimate of drug-likeness (QED) is 0.637. The zero-order valence-corrected chi connectivity index (χ0v) is 17.8. The summed E-state index contributed by atoms with van der Waals surface area (Å²) in [5.41, 5.74) is 2.31. The molecule has 1 aliphatic heterocycles. The van der Waals surface area contributed by atoms with Gasteiger partial charge < -0.3 is 15.1 Å². The van der Waals surface area contributed by atoms with Crippen LogP contribution in [0.5, 0.6) is 0 Å². The summed E-state index contributed by atoms with van der Waals surface area (Å²) in [7, 11) is 0. The fraction of sp³-hybridized carbons (Fsp3) is 0.368. The molecule has 0 atom stereocenters. The molecule has 0 aromatic carbocycles. The topological polar surface area (TPSA) is 100 Å². The molecule has 1 fully saturated rings. The lowest BCUT2D eigenvalue weighted by Gasteiger charge is -2.34. The Balaban J connectivity index is 1.62. The van der Waals surface area contributed by atoms with Gasteiger partial charge in [0, 0.05) is 43.8 Å². The van der Waals surface area contributed by atoms with Crippen molar-refractivity contribution in [2.45, 2.75) is 20.4 Å². The third-order valence-corrected chi connectivity index (χ3v) is 5.24. The van der Waals surface area contributed by atoms with Crippen LogP contribution in [0.1, 0.15) is 18.3 Å². The van der Waals surface area contributed by atoms with Crippen molar-refractivity contribution in [3.63, 3.8) is 0 Å². The molecule has 9 nitrogen and oxygen atoms in total. The highest BCUT2D eigenvalue weighted by Gasteiger charge is 2.22. The second-order valence-corrected chi connectivity index (χ2v) is 7.83. The predicted molar refractivity (Wildman–Crippen MR) is 114 cm³/mol. The number of hydrogen-bond donors (Lipinski definition) is 1. The Kier molecular flexibility index (Phi) is 5.52. The second-order valence-electron chi connectivity index (χ2n) is 6.91. The summed E-state index contributed by atoms with van der Waals surface area (Å²) < 4.78 is 0.856. The number of nitrogens with zero attached hydrogens (tertiary/aromatic N) is 7. The highest BCUT2D eigenvalue weighted by Crippen LogP contribution is 2.26. The van der Waals surface area contributed by atoms with Gasteiger partial charge in [0.1, 0.15) is 5.82 Å². The summed E-state index contributed by atoms with van der Waals surface area (Å²) in [5, 5.41) is 12.5. The van der Waals surface area contributed by atoms with E-state index >= 15 is 0 Å². The third kappa shape index (κ3) is 4.42. The molecule has 10 heteroatoms. The molecule has 1 saturated heterocycles. The van der Waals surface area contributed by atoms with Crippen LogP contribution in [0.25, 0.3) is 11.0 Å². The molecular formula is C19H21BrN8O. The first-order valence-corrected chi connectivity index (χ1v) is 10.2. The highest BCUT2D eigenvalue weighted by molar-refractivity contribution is 9.10. The molecule has 3 aromatic heterocycles. The first-order chi connectivity index (χ1) is 14.0. The molecule has 0 bridgehead atoms. The molecular weight excluding hydrogens is 436 g/mol. The van der Waals surface area contributed by atoms with Crippen molar-refractivity contribution in [3.05, 3.63) is 40.3 Å². The molecule has 0 saturated carbocycles. The standard InChI is InChI=1S/C19H21BrN8O/c1-12-3-4-15(26-25-12)11-22-18-16-9-14(20)10-21-17(16)23-19(24-18)28-7-5-27(6-8-28)13(2)29/h3-4,9-10H,5-8,11H2,1-2H3,(H,21,22,23,24). The van der Waals surface area contributed by atoms with Gasteiger partial charge in [-0.25, -0.2) is 4.98 Å². The van der Waals surface area contributed by atoms with Crippen LogP contribution in [-0.4, -0.2) is 62.1 Å². The molecule has 4 rings (SSSR count). The second kappa shape index (κ2) is 8.24. The van der Waals surface area contributed by atoms with Crippen molar-refractivity contribution in [2.75, 3.05) is 36.4 Å². The molecule has 4 heterocycles. The Bertz CT molecular complexity index is 1030. The van der Waals surface area contributed by atoms with E-state index in [9.17, 15) is 4.79 Å². The van der Waals surface area contributed by atoms with Crippen molar-refractivity contribution in [3.8, 4) is 0 Å². The SMILES string of the molecule is CC(=O)N1CCN(c2nc(NCc3ccc(C)nn3)c3cc(Br)cnc3n2)CC1. The maximum absolute atomic E-state index is 11.6. The van der Waals surface area contributed by atoms with Gasteiger partial charge in [0.2, 0.25) is 11.9 Å². The number of aryl methyl sites for hydroxylation is 1. The number of rotatable bonds is 4. The van der Waals surface area contributed by atoms with Crippen LogP contribution >= 0.6 is 15.9 Å². The van der Waals surface area contributed by atoms with Crippen LogP contribution in [0.4, 0.5) is 11.8 Å². The van der Waals surface area contributed by atoms with Crippen LogP contribution in [0.3, 0.4) is 0 Å². The fourth-order valence-electron chi connectivity index (χ4n) is 3.17. The number of carbonyl (C=O) groups excluding carboxylic acids is 1. The largest absolute Gasteiger partial charge is 0.364 e. The summed E-state index contributed by atoms with van der Waals surface area (Å²) in [6.07, 6.45) is 1.72. The molecule has 150 valence electrons. The Morgan fingerprint density at radius 2 is 1.97 bits per heavy atom. The lowest BCUT2D eigenvalue weighted by molar-refractivity contribution is -0.129. The maximum atomic E-state index is 11.6. The van der Waals surface area contributed by atoms with E-state index < -0.39 is 0 Å². The average molecular weight is 457 g/mol. The monoisotopic (exact) mass is 456 g/mol. The molecule has 0 aliphatic carbocycles. The van der Waals surface area contributed by atoms with Gasteiger partial charge in [-0.1, -0.05) is 0 Å². The number of anilines is 2. The van der Waals surface area contributed by atoms with Gasteiger partial charge in [-0.15, -0.1) is 0 Å². The number of piperazine rings is 1. The van der Waals surface area contributed by atoms with Gasteiger partial charge in [-0.2, -0.15) is 20.2 Å². The van der Waals surface area contributed by atoms with Gasteiger partial charge in [-0.3, -0.25) is 4.79 Å². The van der Waals surface area contributed by atoms with Crippen LogP contribution in [0, 0.1) is 6.92 Å². The number of halogens is 1. The van der Waals surface area contributed by atoms with Crippen molar-refractivity contribution < 1.29 is 4.79 Å². The molecule has 0 unspecified atom stereocenters. The normalized spacial score (nSPS) is 14.3. The zero-order valence-electron chi connectivity index (χ0n) is 16.3. The average Bonchev–Trinajstić information content (AvgIpc) is 2.73. The first kappa shape index (κ1) is 19.4. The molecule has 1 N–H and O–H groups in total. The number of amides is 1. The van der Waals surface area contributed by atoms with E-state index in [-0.39, 0.29) is 5.91 Å². The van der Waals surface area contributed by atoms with Crippen molar-refractivity contribution >= 4 is 44.6 Å². The third-order valence-electron chi connectivity index (χ3n) is 4.80. The Morgan fingerprint density at radius 1 is 1.17 bits per heavy atom. The Morgan fingerprint density at radius 3 is 2.66 bits per heavy atom. The molecule has 29 heavy (non-hydrogen) atoms. The van der Waals surface area contributed by atoms with Crippen LogP contribution < -0.4 is 10.2 Å². The summed E-state index contributed by atoms with van der Waals surface area (Å²) in [6, 6.07) is 5.82. The Hall–Kier alpha value is -2.88. The first-order valence-electron chi connectivity index (χ1n) is 9.36. The van der Waals surface area contributed by atoms with Gasteiger partial charge in [0.15, 0.2) is 5.65 Å². The van der Waals surface area contributed by atoms with Crippen molar-refractivity contribution in [1.29, 1.82) is 0 Å². The summed E-state index contributed by atoms with van der Waals surface area (Å²) in [4.78, 5) is 29.4. The van der Waals surface area contributed by atoms with Gasteiger partial charge >= 0.3 is 0 Å². The van der Waals surface area contributed by atoms with Gasteiger partial charge in [0.25, 0.3) is 0 Å². The lowest BCUT2D eigenvalue weighted by atomic mass is 10.3. The number of fused-ring (bicyclic) bond motifs is 1. The van der Waals surface area contributed by atoms with E-state index in [1.54, 1.807) is 13.1 Å². The molecule has 1 aliphatic rings.